The SMILES string of the molecule is O=C1CC(C(=O)Nc2ccc3c(c2F)CCNC3)c2ccccc2N1. The summed E-state index contributed by atoms with van der Waals surface area (Å²) < 4.78 is 14.7. The van der Waals surface area contributed by atoms with Gasteiger partial charge < -0.3 is 16.0 Å². The van der Waals surface area contributed by atoms with Crippen LogP contribution in [0.25, 0.3) is 0 Å². The second-order valence-corrected chi connectivity index (χ2v) is 6.37. The van der Waals surface area contributed by atoms with Gasteiger partial charge in [-0.1, -0.05) is 24.3 Å². The zero-order valence-electron chi connectivity index (χ0n) is 13.6. The lowest BCUT2D eigenvalue weighted by atomic mass is 9.89. The van der Waals surface area contributed by atoms with Crippen molar-refractivity contribution in [2.24, 2.45) is 0 Å². The second kappa shape index (κ2) is 6.29. The van der Waals surface area contributed by atoms with Gasteiger partial charge in [-0.05, 0) is 41.8 Å². The maximum absolute atomic E-state index is 14.7. The molecule has 3 N–H and O–H groups in total. The van der Waals surface area contributed by atoms with E-state index in [9.17, 15) is 14.0 Å². The molecule has 4 rings (SSSR count). The molecule has 1 atom stereocenters. The number of hydrogen-bond acceptors (Lipinski definition) is 3. The molecule has 0 bridgehead atoms. The highest BCUT2D eigenvalue weighted by Gasteiger charge is 2.31. The Morgan fingerprint density at radius 3 is 2.92 bits per heavy atom. The van der Waals surface area contributed by atoms with Crippen molar-refractivity contribution in [1.82, 2.24) is 5.32 Å². The van der Waals surface area contributed by atoms with Gasteiger partial charge in [-0.15, -0.1) is 0 Å². The summed E-state index contributed by atoms with van der Waals surface area (Å²) >= 11 is 0. The molecule has 2 heterocycles. The number of halogens is 1. The average molecular weight is 339 g/mol. The fourth-order valence-corrected chi connectivity index (χ4v) is 3.50. The summed E-state index contributed by atoms with van der Waals surface area (Å²) in [7, 11) is 0. The number of benzene rings is 2. The van der Waals surface area contributed by atoms with Crippen molar-refractivity contribution in [1.29, 1.82) is 0 Å². The standard InChI is InChI=1S/C19H18FN3O2/c20-18-12-7-8-21-10-11(12)5-6-16(18)23-19(25)14-9-17(24)22-15-4-2-1-3-13(14)15/h1-6,14,21H,7-10H2,(H,22,24)(H,23,25). The van der Waals surface area contributed by atoms with Crippen LogP contribution < -0.4 is 16.0 Å². The van der Waals surface area contributed by atoms with E-state index in [-0.39, 0.29) is 29.7 Å². The predicted molar refractivity (Wildman–Crippen MR) is 92.9 cm³/mol. The van der Waals surface area contributed by atoms with E-state index in [0.29, 0.717) is 24.2 Å². The smallest absolute Gasteiger partial charge is 0.232 e. The van der Waals surface area contributed by atoms with Crippen molar-refractivity contribution < 1.29 is 14.0 Å². The van der Waals surface area contributed by atoms with E-state index in [4.69, 9.17) is 0 Å². The molecule has 0 spiro atoms. The van der Waals surface area contributed by atoms with Gasteiger partial charge >= 0.3 is 0 Å². The first-order valence-corrected chi connectivity index (χ1v) is 8.34. The second-order valence-electron chi connectivity index (χ2n) is 6.37. The van der Waals surface area contributed by atoms with Crippen molar-refractivity contribution >= 4 is 23.2 Å². The lowest BCUT2D eigenvalue weighted by Crippen LogP contribution is -2.31. The minimum absolute atomic E-state index is 0.0549. The van der Waals surface area contributed by atoms with Crippen LogP contribution in [-0.4, -0.2) is 18.4 Å². The van der Waals surface area contributed by atoms with Gasteiger partial charge in [-0.2, -0.15) is 0 Å². The number of anilines is 2. The molecule has 2 amide bonds. The first kappa shape index (κ1) is 15.8. The van der Waals surface area contributed by atoms with Gasteiger partial charge in [0.2, 0.25) is 11.8 Å². The van der Waals surface area contributed by atoms with Crippen LogP contribution in [0.3, 0.4) is 0 Å². The van der Waals surface area contributed by atoms with Crippen LogP contribution >= 0.6 is 0 Å². The van der Waals surface area contributed by atoms with Gasteiger partial charge in [-0.25, -0.2) is 4.39 Å². The van der Waals surface area contributed by atoms with Crippen molar-refractivity contribution in [2.75, 3.05) is 17.2 Å². The summed E-state index contributed by atoms with van der Waals surface area (Å²) in [5, 5.41) is 8.64. The molecular formula is C19H18FN3O2. The number of carbonyl (C=O) groups excluding carboxylic acids is 2. The molecule has 2 aromatic rings. The quantitative estimate of drug-likeness (QED) is 0.787. The molecule has 0 saturated carbocycles. The van der Waals surface area contributed by atoms with Gasteiger partial charge in [0.1, 0.15) is 5.82 Å². The fourth-order valence-electron chi connectivity index (χ4n) is 3.50. The third kappa shape index (κ3) is 2.89. The van der Waals surface area contributed by atoms with Gasteiger partial charge in [-0.3, -0.25) is 9.59 Å². The number of fused-ring (bicyclic) bond motifs is 2. The number of nitrogens with one attached hydrogen (secondary N) is 3. The molecule has 6 heteroatoms. The summed E-state index contributed by atoms with van der Waals surface area (Å²) in [6.45, 7) is 1.36. The van der Waals surface area contributed by atoms with Crippen LogP contribution in [0.2, 0.25) is 0 Å². The maximum Gasteiger partial charge on any atom is 0.232 e. The lowest BCUT2D eigenvalue weighted by Gasteiger charge is -2.25. The Balaban J connectivity index is 1.62. The van der Waals surface area contributed by atoms with Gasteiger partial charge in [0.25, 0.3) is 0 Å². The number of para-hydroxylation sites is 1. The largest absolute Gasteiger partial charge is 0.326 e. The minimum Gasteiger partial charge on any atom is -0.326 e. The molecule has 128 valence electrons. The van der Waals surface area contributed by atoms with Gasteiger partial charge in [0.15, 0.2) is 0 Å². The average Bonchev–Trinajstić information content (AvgIpc) is 2.63. The van der Waals surface area contributed by atoms with Crippen molar-refractivity contribution in [3.63, 3.8) is 0 Å². The van der Waals surface area contributed by atoms with Gasteiger partial charge in [0.05, 0.1) is 11.6 Å². The van der Waals surface area contributed by atoms with E-state index in [1.807, 2.05) is 18.2 Å². The van der Waals surface area contributed by atoms with Crippen LogP contribution in [0, 0.1) is 5.82 Å². The Morgan fingerprint density at radius 2 is 2.04 bits per heavy atom. The monoisotopic (exact) mass is 339 g/mol. The Bertz CT molecular complexity index is 866. The molecule has 0 fully saturated rings. The van der Waals surface area contributed by atoms with E-state index in [1.165, 1.54) is 0 Å². The van der Waals surface area contributed by atoms with Gasteiger partial charge in [0, 0.05) is 18.7 Å². The first-order chi connectivity index (χ1) is 12.1. The van der Waals surface area contributed by atoms with Crippen molar-refractivity contribution in [2.45, 2.75) is 25.3 Å². The fraction of sp³-hybridized carbons (Fsp3) is 0.263. The molecule has 2 aromatic carbocycles. The summed E-state index contributed by atoms with van der Waals surface area (Å²) in [6.07, 6.45) is 0.652. The summed E-state index contributed by atoms with van der Waals surface area (Å²) in [5.74, 6) is -1.58. The van der Waals surface area contributed by atoms with Crippen LogP contribution in [0.15, 0.2) is 36.4 Å². The minimum atomic E-state index is -0.623. The van der Waals surface area contributed by atoms with Crippen LogP contribution in [0.5, 0.6) is 0 Å². The van der Waals surface area contributed by atoms with Crippen molar-refractivity contribution in [3.05, 3.63) is 58.9 Å². The molecule has 2 aliphatic heterocycles. The molecule has 1 unspecified atom stereocenters. The first-order valence-electron chi connectivity index (χ1n) is 8.34. The molecule has 0 aromatic heterocycles. The Labute approximate surface area is 144 Å². The van der Waals surface area contributed by atoms with Crippen LogP contribution in [0.4, 0.5) is 15.8 Å². The highest BCUT2D eigenvalue weighted by Crippen LogP contribution is 2.33. The maximum atomic E-state index is 14.7. The zero-order chi connectivity index (χ0) is 17.4. The van der Waals surface area contributed by atoms with E-state index >= 15 is 0 Å². The molecule has 5 nitrogen and oxygen atoms in total. The molecule has 0 radical (unpaired) electrons. The van der Waals surface area contributed by atoms with E-state index < -0.39 is 5.92 Å². The summed E-state index contributed by atoms with van der Waals surface area (Å²) in [5.41, 5.74) is 3.13. The number of amides is 2. The molecule has 0 saturated heterocycles. The Morgan fingerprint density at radius 1 is 1.20 bits per heavy atom. The zero-order valence-corrected chi connectivity index (χ0v) is 13.6. The molecule has 2 aliphatic rings. The molecule has 0 aliphatic carbocycles. The topological polar surface area (TPSA) is 70.2 Å². The van der Waals surface area contributed by atoms with E-state index in [2.05, 4.69) is 16.0 Å². The highest BCUT2D eigenvalue weighted by molar-refractivity contribution is 6.05. The van der Waals surface area contributed by atoms with Crippen LogP contribution in [0.1, 0.15) is 29.0 Å². The summed E-state index contributed by atoms with van der Waals surface area (Å²) in [4.78, 5) is 24.6. The molecule has 25 heavy (non-hydrogen) atoms. The highest BCUT2D eigenvalue weighted by atomic mass is 19.1. The summed E-state index contributed by atoms with van der Waals surface area (Å²) in [6, 6.07) is 10.6. The number of carbonyl (C=O) groups is 2. The van der Waals surface area contributed by atoms with E-state index in [1.54, 1.807) is 18.2 Å². The lowest BCUT2D eigenvalue weighted by molar-refractivity contribution is -0.123. The third-order valence-electron chi connectivity index (χ3n) is 4.78. The number of rotatable bonds is 2. The van der Waals surface area contributed by atoms with Crippen LogP contribution in [-0.2, 0) is 22.6 Å². The third-order valence-corrected chi connectivity index (χ3v) is 4.78. The molecular weight excluding hydrogens is 321 g/mol. The Kier molecular flexibility index (Phi) is 3.97. The van der Waals surface area contributed by atoms with Crippen molar-refractivity contribution in [3.8, 4) is 0 Å². The van der Waals surface area contributed by atoms with E-state index in [0.717, 1.165) is 17.7 Å². The predicted octanol–water partition coefficient (Wildman–Crippen LogP) is 2.54. The normalized spacial score (nSPS) is 18.8. The Hall–Kier alpha value is -2.73. The number of hydrogen-bond donors (Lipinski definition) is 3.